The first kappa shape index (κ1) is 12.4. The van der Waals surface area contributed by atoms with Crippen molar-refractivity contribution in [2.45, 2.75) is 18.9 Å². The molecule has 3 nitrogen and oxygen atoms in total. The molecule has 1 saturated heterocycles. The molecule has 1 N–H and O–H groups in total. The number of imidazole rings is 1. The number of halogens is 2. The van der Waals surface area contributed by atoms with Crippen LogP contribution in [0.4, 0.5) is 0 Å². The number of H-pyrrole nitrogens is 1. The molecule has 0 bridgehead atoms. The van der Waals surface area contributed by atoms with E-state index >= 15 is 0 Å². The van der Waals surface area contributed by atoms with Crippen LogP contribution in [0, 0.1) is 0 Å². The van der Waals surface area contributed by atoms with E-state index in [0.717, 1.165) is 34.5 Å². The van der Waals surface area contributed by atoms with Crippen LogP contribution < -0.4 is 0 Å². The Labute approximate surface area is 123 Å². The number of nitrogens with one attached hydrogen (secondary N) is 1. The molecule has 1 unspecified atom stereocenters. The zero-order valence-corrected chi connectivity index (χ0v) is 12.9. The van der Waals surface area contributed by atoms with Gasteiger partial charge < -0.3 is 4.98 Å². The summed E-state index contributed by atoms with van der Waals surface area (Å²) in [6, 6.07) is 8.63. The lowest BCUT2D eigenvalue weighted by Crippen LogP contribution is -2.12. The van der Waals surface area contributed by atoms with Crippen molar-refractivity contribution < 1.29 is 0 Å². The van der Waals surface area contributed by atoms with Crippen molar-refractivity contribution >= 4 is 32.1 Å². The monoisotopic (exact) mass is 369 g/mol. The van der Waals surface area contributed by atoms with Gasteiger partial charge in [0.15, 0.2) is 0 Å². The predicted molar refractivity (Wildman–Crippen MR) is 79.3 cm³/mol. The van der Waals surface area contributed by atoms with Gasteiger partial charge in [0.05, 0.1) is 17.9 Å². The topological polar surface area (TPSA) is 31.9 Å². The molecule has 1 aliphatic rings. The van der Waals surface area contributed by atoms with E-state index in [1.807, 2.05) is 18.3 Å². The van der Waals surface area contributed by atoms with E-state index in [2.05, 4.69) is 58.1 Å². The molecule has 0 spiro atoms. The summed E-state index contributed by atoms with van der Waals surface area (Å²) in [7, 11) is 0. The number of benzene rings is 1. The minimum absolute atomic E-state index is 0.370. The van der Waals surface area contributed by atoms with E-state index in [1.165, 1.54) is 6.42 Å². The molecular formula is C13H13Br2N3. The quantitative estimate of drug-likeness (QED) is 0.800. The van der Waals surface area contributed by atoms with Crippen molar-refractivity contribution in [2.75, 3.05) is 6.54 Å². The van der Waals surface area contributed by atoms with Crippen molar-refractivity contribution in [1.82, 2.24) is 13.9 Å². The highest BCUT2D eigenvalue weighted by atomic mass is 79.9. The smallest absolute Gasteiger partial charge is 0.124 e. The summed E-state index contributed by atoms with van der Waals surface area (Å²) < 4.78 is 3.27. The first-order chi connectivity index (χ1) is 8.74. The van der Waals surface area contributed by atoms with Crippen LogP contribution in [0.15, 0.2) is 34.9 Å². The lowest BCUT2D eigenvalue weighted by atomic mass is 10.2. The third-order valence-electron chi connectivity index (χ3n) is 3.25. The number of hydrogen-bond donors (Lipinski definition) is 1. The van der Waals surface area contributed by atoms with E-state index in [-0.39, 0.29) is 0 Å². The van der Waals surface area contributed by atoms with Crippen LogP contribution >= 0.6 is 32.1 Å². The Morgan fingerprint density at radius 1 is 1.28 bits per heavy atom. The largest absolute Gasteiger partial charge is 0.341 e. The van der Waals surface area contributed by atoms with Crippen LogP contribution in [0.3, 0.4) is 0 Å². The Kier molecular flexibility index (Phi) is 3.54. The van der Waals surface area contributed by atoms with Crippen LogP contribution in [-0.2, 0) is 0 Å². The minimum atomic E-state index is 0.370. The number of rotatable bonds is 2. The Balaban J connectivity index is 1.87. The summed E-state index contributed by atoms with van der Waals surface area (Å²) in [5.74, 6) is 1.04. The Morgan fingerprint density at radius 3 is 2.72 bits per heavy atom. The SMILES string of the molecule is Brc1ccc(-c2cnc(C3CCCN3Br)[nH]2)cc1. The number of aromatic nitrogens is 2. The summed E-state index contributed by atoms with van der Waals surface area (Å²) in [5, 5.41) is 0. The van der Waals surface area contributed by atoms with Gasteiger partial charge in [-0.25, -0.2) is 8.91 Å². The van der Waals surface area contributed by atoms with Gasteiger partial charge >= 0.3 is 0 Å². The van der Waals surface area contributed by atoms with Gasteiger partial charge in [-0.2, -0.15) is 0 Å². The molecule has 0 amide bonds. The fraction of sp³-hybridized carbons (Fsp3) is 0.308. The second-order valence-corrected chi connectivity index (χ2v) is 6.30. The molecule has 2 aromatic rings. The molecule has 0 aliphatic carbocycles. The summed E-state index contributed by atoms with van der Waals surface area (Å²) in [4.78, 5) is 7.93. The van der Waals surface area contributed by atoms with Gasteiger partial charge in [0.1, 0.15) is 5.82 Å². The average molecular weight is 371 g/mol. The predicted octanol–water partition coefficient (Wildman–Crippen LogP) is 4.29. The minimum Gasteiger partial charge on any atom is -0.341 e. The zero-order chi connectivity index (χ0) is 12.5. The second-order valence-electron chi connectivity index (χ2n) is 4.47. The molecule has 0 radical (unpaired) electrons. The fourth-order valence-electron chi connectivity index (χ4n) is 2.28. The van der Waals surface area contributed by atoms with Gasteiger partial charge in [0.25, 0.3) is 0 Å². The standard InChI is InChI=1S/C13H13Br2N3/c14-10-5-3-9(4-6-10)11-8-16-13(17-11)12-2-1-7-18(12)15/h3-6,8,12H,1-2,7H2,(H,16,17). The van der Waals surface area contributed by atoms with Crippen molar-refractivity contribution in [3.8, 4) is 11.3 Å². The Hall–Kier alpha value is -0.650. The molecular weight excluding hydrogens is 358 g/mol. The summed E-state index contributed by atoms with van der Waals surface area (Å²) >= 11 is 7.03. The second kappa shape index (κ2) is 5.15. The molecule has 1 aromatic heterocycles. The van der Waals surface area contributed by atoms with Gasteiger partial charge in [-0.15, -0.1) is 0 Å². The van der Waals surface area contributed by atoms with Gasteiger partial charge in [0, 0.05) is 27.2 Å². The summed E-state index contributed by atoms with van der Waals surface area (Å²) in [5.41, 5.74) is 2.24. The van der Waals surface area contributed by atoms with Crippen LogP contribution in [0.2, 0.25) is 0 Å². The van der Waals surface area contributed by atoms with Gasteiger partial charge in [-0.05, 0) is 30.5 Å². The molecule has 94 valence electrons. The number of aromatic amines is 1. The third-order valence-corrected chi connectivity index (χ3v) is 4.63. The fourth-order valence-corrected chi connectivity index (χ4v) is 3.20. The lowest BCUT2D eigenvalue weighted by molar-refractivity contribution is 0.450. The van der Waals surface area contributed by atoms with E-state index in [4.69, 9.17) is 0 Å². The van der Waals surface area contributed by atoms with Crippen LogP contribution in [-0.4, -0.2) is 20.4 Å². The van der Waals surface area contributed by atoms with E-state index < -0.39 is 0 Å². The molecule has 1 aromatic carbocycles. The van der Waals surface area contributed by atoms with Crippen molar-refractivity contribution in [1.29, 1.82) is 0 Å². The van der Waals surface area contributed by atoms with E-state index in [1.54, 1.807) is 0 Å². The van der Waals surface area contributed by atoms with Crippen molar-refractivity contribution in [2.24, 2.45) is 0 Å². The molecule has 18 heavy (non-hydrogen) atoms. The van der Waals surface area contributed by atoms with Crippen LogP contribution in [0.25, 0.3) is 11.3 Å². The first-order valence-corrected chi connectivity index (χ1v) is 7.47. The zero-order valence-electron chi connectivity index (χ0n) is 9.74. The summed E-state index contributed by atoms with van der Waals surface area (Å²) in [6.07, 6.45) is 4.28. The first-order valence-electron chi connectivity index (χ1n) is 5.97. The number of nitrogens with zero attached hydrogens (tertiary/aromatic N) is 2. The molecule has 3 rings (SSSR count). The van der Waals surface area contributed by atoms with E-state index in [9.17, 15) is 0 Å². The molecule has 2 heterocycles. The van der Waals surface area contributed by atoms with Crippen molar-refractivity contribution in [3.63, 3.8) is 0 Å². The molecule has 0 saturated carbocycles. The normalized spacial score (nSPS) is 20.4. The lowest BCUT2D eigenvalue weighted by Gasteiger charge is -2.13. The highest BCUT2D eigenvalue weighted by Crippen LogP contribution is 2.33. The number of hydrogen-bond acceptors (Lipinski definition) is 2. The Bertz CT molecular complexity index is 535. The van der Waals surface area contributed by atoms with Crippen molar-refractivity contribution in [3.05, 3.63) is 40.8 Å². The maximum Gasteiger partial charge on any atom is 0.124 e. The summed E-state index contributed by atoms with van der Waals surface area (Å²) in [6.45, 7) is 1.08. The molecule has 1 aliphatic heterocycles. The average Bonchev–Trinajstić information content (AvgIpc) is 2.98. The Morgan fingerprint density at radius 2 is 2.06 bits per heavy atom. The molecule has 5 heteroatoms. The maximum atomic E-state index is 4.51. The third kappa shape index (κ3) is 2.39. The van der Waals surface area contributed by atoms with Crippen LogP contribution in [0.1, 0.15) is 24.7 Å². The van der Waals surface area contributed by atoms with Crippen LogP contribution in [0.5, 0.6) is 0 Å². The van der Waals surface area contributed by atoms with Gasteiger partial charge in [-0.3, -0.25) is 0 Å². The van der Waals surface area contributed by atoms with E-state index in [0.29, 0.717) is 6.04 Å². The van der Waals surface area contributed by atoms with Gasteiger partial charge in [0.2, 0.25) is 0 Å². The maximum absolute atomic E-state index is 4.51. The molecule has 1 atom stereocenters. The molecule has 1 fully saturated rings. The highest BCUT2D eigenvalue weighted by Gasteiger charge is 2.26. The van der Waals surface area contributed by atoms with Gasteiger partial charge in [-0.1, -0.05) is 28.1 Å². The highest BCUT2D eigenvalue weighted by molar-refractivity contribution is 9.10.